The molecule has 2 aromatic rings. The monoisotopic (exact) mass is 495 g/mol. The minimum absolute atomic E-state index is 0.0192. The van der Waals surface area contributed by atoms with Crippen molar-refractivity contribution in [3.63, 3.8) is 0 Å². The van der Waals surface area contributed by atoms with Crippen LogP contribution in [-0.4, -0.2) is 70.7 Å². The minimum atomic E-state index is -3.75. The van der Waals surface area contributed by atoms with Gasteiger partial charge >= 0.3 is 0 Å². The maximum atomic E-state index is 13.0. The molecule has 0 atom stereocenters. The highest BCUT2D eigenvalue weighted by Crippen LogP contribution is 2.25. The lowest BCUT2D eigenvalue weighted by molar-refractivity contribution is 0.0730. The van der Waals surface area contributed by atoms with Gasteiger partial charge in [-0.3, -0.25) is 4.79 Å². The van der Waals surface area contributed by atoms with Gasteiger partial charge in [-0.25, -0.2) is 16.8 Å². The number of carbonyl (C=O) groups is 1. The summed E-state index contributed by atoms with van der Waals surface area (Å²) in [6.45, 7) is 7.05. The molecule has 1 amide bonds. The second-order valence-corrected chi connectivity index (χ2v) is 11.4. The lowest BCUT2D eigenvalue weighted by Gasteiger charge is -2.26. The number of carbonyl (C=O) groups excluding carboxylic acids is 1. The lowest BCUT2D eigenvalue weighted by Crippen LogP contribution is -2.40. The number of benzene rings is 2. The summed E-state index contributed by atoms with van der Waals surface area (Å²) in [7, 11) is -7.46. The average molecular weight is 496 g/mol. The fraction of sp³-hybridized carbons (Fsp3) is 0.409. The van der Waals surface area contributed by atoms with Crippen LogP contribution in [0.4, 0.5) is 5.69 Å². The van der Waals surface area contributed by atoms with Gasteiger partial charge in [-0.15, -0.1) is 0 Å². The van der Waals surface area contributed by atoms with Crippen molar-refractivity contribution in [3.05, 3.63) is 53.6 Å². The number of hydrogen-bond acceptors (Lipinski definition) is 6. The number of nitrogens with zero attached hydrogens (tertiary/aromatic N) is 2. The van der Waals surface area contributed by atoms with E-state index in [0.717, 1.165) is 0 Å². The molecule has 9 nitrogen and oxygen atoms in total. The van der Waals surface area contributed by atoms with E-state index in [-0.39, 0.29) is 28.4 Å². The first-order chi connectivity index (χ1) is 15.6. The topological polar surface area (TPSA) is 113 Å². The van der Waals surface area contributed by atoms with Crippen LogP contribution < -0.4 is 5.32 Å². The van der Waals surface area contributed by atoms with Gasteiger partial charge in [0.1, 0.15) is 0 Å². The summed E-state index contributed by atoms with van der Waals surface area (Å²) < 4.78 is 59.6. The molecule has 33 heavy (non-hydrogen) atoms. The predicted molar refractivity (Wildman–Crippen MR) is 125 cm³/mol. The van der Waals surface area contributed by atoms with Crippen molar-refractivity contribution in [2.24, 2.45) is 0 Å². The number of amides is 1. The Bertz CT molecular complexity index is 1220. The van der Waals surface area contributed by atoms with Crippen molar-refractivity contribution in [1.82, 2.24) is 8.61 Å². The third-order valence-electron chi connectivity index (χ3n) is 5.47. The van der Waals surface area contributed by atoms with Crippen LogP contribution in [0, 0.1) is 6.92 Å². The highest BCUT2D eigenvalue weighted by Gasteiger charge is 2.27. The molecule has 1 heterocycles. The number of sulfonamides is 2. The molecule has 0 radical (unpaired) electrons. The fourth-order valence-electron chi connectivity index (χ4n) is 3.60. The van der Waals surface area contributed by atoms with E-state index in [0.29, 0.717) is 37.6 Å². The summed E-state index contributed by atoms with van der Waals surface area (Å²) in [6.07, 6.45) is 0. The third kappa shape index (κ3) is 5.44. The van der Waals surface area contributed by atoms with Crippen molar-refractivity contribution in [3.8, 4) is 0 Å². The van der Waals surface area contributed by atoms with Crippen LogP contribution >= 0.6 is 0 Å². The molecule has 0 aromatic heterocycles. The Hall–Kier alpha value is -2.31. The zero-order valence-electron chi connectivity index (χ0n) is 18.9. The molecule has 1 aliphatic rings. The lowest BCUT2D eigenvalue weighted by atomic mass is 10.2. The zero-order valence-corrected chi connectivity index (χ0v) is 20.6. The van der Waals surface area contributed by atoms with E-state index >= 15 is 0 Å². The number of morpholine rings is 1. The van der Waals surface area contributed by atoms with Gasteiger partial charge in [0.2, 0.25) is 20.0 Å². The molecule has 0 saturated carbocycles. The van der Waals surface area contributed by atoms with Gasteiger partial charge in [-0.2, -0.15) is 8.61 Å². The van der Waals surface area contributed by atoms with Gasteiger partial charge in [0.05, 0.1) is 23.0 Å². The first-order valence-electron chi connectivity index (χ1n) is 10.7. The van der Waals surface area contributed by atoms with Crippen LogP contribution in [0.2, 0.25) is 0 Å². The number of anilines is 1. The molecule has 0 unspecified atom stereocenters. The minimum Gasteiger partial charge on any atom is -0.379 e. The van der Waals surface area contributed by atoms with Gasteiger partial charge in [0, 0.05) is 37.4 Å². The second-order valence-electron chi connectivity index (χ2n) is 7.57. The second kappa shape index (κ2) is 10.3. The molecule has 0 bridgehead atoms. The molecule has 2 aromatic carbocycles. The van der Waals surface area contributed by atoms with E-state index in [1.807, 2.05) is 0 Å². The van der Waals surface area contributed by atoms with E-state index in [4.69, 9.17) is 4.74 Å². The largest absolute Gasteiger partial charge is 0.379 e. The van der Waals surface area contributed by atoms with Gasteiger partial charge in [0.25, 0.3) is 5.91 Å². The van der Waals surface area contributed by atoms with E-state index in [2.05, 4.69) is 5.32 Å². The van der Waals surface area contributed by atoms with Crippen LogP contribution in [0.1, 0.15) is 29.8 Å². The molecule has 0 spiro atoms. The molecule has 1 saturated heterocycles. The Balaban J connectivity index is 1.86. The zero-order chi connectivity index (χ0) is 24.2. The first-order valence-corrected chi connectivity index (χ1v) is 13.6. The molecule has 11 heteroatoms. The maximum absolute atomic E-state index is 13.0. The number of hydrogen-bond donors (Lipinski definition) is 1. The van der Waals surface area contributed by atoms with Gasteiger partial charge in [-0.05, 0) is 42.8 Å². The van der Waals surface area contributed by atoms with Gasteiger partial charge in [0.15, 0.2) is 0 Å². The molecular formula is C22H29N3O6S2. The number of ether oxygens (including phenoxy) is 1. The van der Waals surface area contributed by atoms with Gasteiger partial charge < -0.3 is 10.1 Å². The molecule has 1 aliphatic heterocycles. The maximum Gasteiger partial charge on any atom is 0.255 e. The molecule has 180 valence electrons. The van der Waals surface area contributed by atoms with E-state index in [1.165, 1.54) is 38.9 Å². The fourth-order valence-corrected chi connectivity index (χ4v) is 6.76. The number of nitrogens with one attached hydrogen (secondary N) is 1. The van der Waals surface area contributed by atoms with E-state index < -0.39 is 26.0 Å². The summed E-state index contributed by atoms with van der Waals surface area (Å²) in [5.74, 6) is -0.538. The Morgan fingerprint density at radius 1 is 1.03 bits per heavy atom. The van der Waals surface area contributed by atoms with Crippen LogP contribution in [-0.2, 0) is 24.8 Å². The quantitative estimate of drug-likeness (QED) is 0.601. The Kier molecular flexibility index (Phi) is 7.91. The highest BCUT2D eigenvalue weighted by molar-refractivity contribution is 7.89. The first kappa shape index (κ1) is 25.3. The predicted octanol–water partition coefficient (Wildman–Crippen LogP) is 2.30. The SMILES string of the molecule is CCN(CC)S(=O)(=O)c1cc(NC(=O)c2cccc(S(=O)(=O)N3CCOCC3)c2)ccc1C. The van der Waals surface area contributed by atoms with E-state index in [1.54, 1.807) is 32.9 Å². The molecular weight excluding hydrogens is 466 g/mol. The summed E-state index contributed by atoms with van der Waals surface area (Å²) in [5, 5.41) is 2.68. The Morgan fingerprint density at radius 2 is 1.70 bits per heavy atom. The smallest absolute Gasteiger partial charge is 0.255 e. The number of rotatable bonds is 8. The molecule has 3 rings (SSSR count). The summed E-state index contributed by atoms with van der Waals surface area (Å²) in [5.41, 5.74) is 1.02. The summed E-state index contributed by atoms with van der Waals surface area (Å²) in [6, 6.07) is 10.5. The van der Waals surface area contributed by atoms with Crippen molar-refractivity contribution >= 4 is 31.6 Å². The van der Waals surface area contributed by atoms with Crippen molar-refractivity contribution in [2.75, 3.05) is 44.7 Å². The summed E-state index contributed by atoms with van der Waals surface area (Å²) in [4.78, 5) is 13.0. The number of aryl methyl sites for hydroxylation is 1. The third-order valence-corrected chi connectivity index (χ3v) is 9.56. The standard InChI is InChI=1S/C22H29N3O6S2/c1-4-24(5-2)33(29,30)21-16-19(10-9-17(21)3)23-22(26)18-7-6-8-20(15-18)32(27,28)25-11-13-31-14-12-25/h6-10,15-16H,4-5,11-14H2,1-3H3,(H,23,26). The molecule has 1 N–H and O–H groups in total. The summed E-state index contributed by atoms with van der Waals surface area (Å²) >= 11 is 0. The highest BCUT2D eigenvalue weighted by atomic mass is 32.2. The Labute approximate surface area is 195 Å². The van der Waals surface area contributed by atoms with E-state index in [9.17, 15) is 21.6 Å². The van der Waals surface area contributed by atoms with Crippen molar-refractivity contribution in [1.29, 1.82) is 0 Å². The van der Waals surface area contributed by atoms with Crippen LogP contribution in [0.5, 0.6) is 0 Å². The van der Waals surface area contributed by atoms with Crippen LogP contribution in [0.25, 0.3) is 0 Å². The Morgan fingerprint density at radius 3 is 2.33 bits per heavy atom. The molecule has 0 aliphatic carbocycles. The average Bonchev–Trinajstić information content (AvgIpc) is 2.81. The van der Waals surface area contributed by atoms with Crippen LogP contribution in [0.15, 0.2) is 52.3 Å². The van der Waals surface area contributed by atoms with Crippen molar-refractivity contribution < 1.29 is 26.4 Å². The normalized spacial score (nSPS) is 15.5. The molecule has 1 fully saturated rings. The van der Waals surface area contributed by atoms with Crippen LogP contribution in [0.3, 0.4) is 0 Å². The van der Waals surface area contributed by atoms with Crippen molar-refractivity contribution in [2.45, 2.75) is 30.6 Å². The van der Waals surface area contributed by atoms with Gasteiger partial charge in [-0.1, -0.05) is 26.0 Å².